The van der Waals surface area contributed by atoms with Crippen LogP contribution in [0.3, 0.4) is 0 Å². The van der Waals surface area contributed by atoms with E-state index in [1.807, 2.05) is 0 Å². The maximum atomic E-state index is 11.9. The van der Waals surface area contributed by atoms with Gasteiger partial charge in [0.15, 0.2) is 0 Å². The normalized spacial score (nSPS) is 25.9. The molecule has 1 unspecified atom stereocenters. The average Bonchev–Trinajstić information content (AvgIpc) is 2.90. The third kappa shape index (κ3) is 3.36. The monoisotopic (exact) mass is 544 g/mol. The first kappa shape index (κ1) is 24.3. The molecule has 204 valence electrons. The summed E-state index contributed by atoms with van der Waals surface area (Å²) >= 11 is 0. The lowest BCUT2D eigenvalue weighted by Crippen LogP contribution is -2.57. The van der Waals surface area contributed by atoms with Crippen LogP contribution in [0.1, 0.15) is 39.8 Å². The van der Waals surface area contributed by atoms with E-state index in [-0.39, 0.29) is 58.0 Å². The average molecular weight is 545 g/mol. The van der Waals surface area contributed by atoms with Crippen LogP contribution in [-0.2, 0) is 12.2 Å². The molecule has 0 spiro atoms. The van der Waals surface area contributed by atoms with Gasteiger partial charge in [-0.15, -0.1) is 0 Å². The summed E-state index contributed by atoms with van der Waals surface area (Å²) in [6.45, 7) is 0. The molecule has 0 saturated heterocycles. The van der Waals surface area contributed by atoms with Gasteiger partial charge >= 0.3 is 5.79 Å². The van der Waals surface area contributed by atoms with Crippen molar-refractivity contribution >= 4 is 0 Å². The second-order valence-electron chi connectivity index (χ2n) is 10.2. The van der Waals surface area contributed by atoms with E-state index in [1.165, 1.54) is 48.5 Å². The Kier molecular flexibility index (Phi) is 5.06. The van der Waals surface area contributed by atoms with E-state index in [4.69, 9.17) is 14.2 Å². The minimum atomic E-state index is -1.89. The van der Waals surface area contributed by atoms with Crippen molar-refractivity contribution in [1.29, 1.82) is 0 Å². The lowest BCUT2D eigenvalue weighted by Gasteiger charge is -2.50. The molecule has 10 nitrogen and oxygen atoms in total. The molecule has 2 bridgehead atoms. The number of hydrogen-bond donors (Lipinski definition) is 7. The Morgan fingerprint density at radius 3 is 1.98 bits per heavy atom. The number of aliphatic hydroxyl groups excluding tert-OH is 2. The van der Waals surface area contributed by atoms with E-state index in [2.05, 4.69) is 0 Å². The van der Waals surface area contributed by atoms with Crippen molar-refractivity contribution in [2.45, 2.75) is 36.4 Å². The standard InChI is InChI=1S/C30H24O10/c31-15-5-1-13(2-6-15)27-21(36)11-18-19(34)12-23-25(28(18)38-27)26-24-20(35)9-17(33)10-22(24)39-30(40-23,29(26)37)14-3-7-16(32)8-4-14/h1-10,12,21,26-27,29,31-37H,11H2/t21-,26?,27+,29+,30-/m0/s1. The van der Waals surface area contributed by atoms with Gasteiger partial charge in [-0.25, -0.2) is 0 Å². The quantitative estimate of drug-likeness (QED) is 0.199. The Bertz CT molecular complexity index is 1650. The molecule has 0 amide bonds. The van der Waals surface area contributed by atoms with Crippen molar-refractivity contribution in [3.8, 4) is 46.0 Å². The topological polar surface area (TPSA) is 169 Å². The van der Waals surface area contributed by atoms with Gasteiger partial charge in [-0.2, -0.15) is 0 Å². The number of hydrogen-bond acceptors (Lipinski definition) is 10. The number of benzene rings is 4. The summed E-state index contributed by atoms with van der Waals surface area (Å²) in [5.41, 5.74) is 1.69. The number of fused-ring (bicyclic) bond motifs is 8. The number of ether oxygens (including phenoxy) is 3. The van der Waals surface area contributed by atoms with Crippen LogP contribution in [0.4, 0.5) is 0 Å². The molecule has 3 aliphatic rings. The summed E-state index contributed by atoms with van der Waals surface area (Å²) in [5.74, 6) is -3.36. The summed E-state index contributed by atoms with van der Waals surface area (Å²) in [6.07, 6.45) is -3.38. The van der Waals surface area contributed by atoms with Crippen LogP contribution < -0.4 is 14.2 Å². The van der Waals surface area contributed by atoms with Crippen LogP contribution in [-0.4, -0.2) is 48.0 Å². The summed E-state index contributed by atoms with van der Waals surface area (Å²) in [4.78, 5) is 0. The largest absolute Gasteiger partial charge is 0.508 e. The van der Waals surface area contributed by atoms with E-state index >= 15 is 0 Å². The van der Waals surface area contributed by atoms with E-state index in [0.29, 0.717) is 22.3 Å². The Morgan fingerprint density at radius 1 is 0.675 bits per heavy atom. The molecule has 4 aromatic carbocycles. The molecule has 0 fully saturated rings. The minimum Gasteiger partial charge on any atom is -0.508 e. The van der Waals surface area contributed by atoms with E-state index in [0.717, 1.165) is 6.07 Å². The van der Waals surface area contributed by atoms with Gasteiger partial charge in [0.1, 0.15) is 58.2 Å². The number of aliphatic hydroxyl groups is 2. The molecule has 0 aromatic heterocycles. The van der Waals surface area contributed by atoms with Gasteiger partial charge in [0.25, 0.3) is 0 Å². The molecule has 7 N–H and O–H groups in total. The van der Waals surface area contributed by atoms with Crippen molar-refractivity contribution in [2.75, 3.05) is 0 Å². The lowest BCUT2D eigenvalue weighted by atomic mass is 9.74. The molecule has 40 heavy (non-hydrogen) atoms. The van der Waals surface area contributed by atoms with Crippen molar-refractivity contribution in [3.05, 3.63) is 94.5 Å². The number of phenolic OH excluding ortho intramolecular Hbond substituents is 5. The van der Waals surface area contributed by atoms with Crippen LogP contribution >= 0.6 is 0 Å². The van der Waals surface area contributed by atoms with Gasteiger partial charge < -0.3 is 50.0 Å². The zero-order chi connectivity index (χ0) is 27.9. The molecule has 0 aliphatic carbocycles. The van der Waals surface area contributed by atoms with Crippen LogP contribution in [0.5, 0.6) is 46.0 Å². The Balaban J connectivity index is 1.47. The van der Waals surface area contributed by atoms with Crippen molar-refractivity contribution in [1.82, 2.24) is 0 Å². The number of rotatable bonds is 2. The fraction of sp³-hybridized carbons (Fsp3) is 0.200. The highest BCUT2D eigenvalue weighted by Gasteiger charge is 2.60. The fourth-order valence-corrected chi connectivity index (χ4v) is 5.99. The third-order valence-electron chi connectivity index (χ3n) is 7.82. The lowest BCUT2D eigenvalue weighted by molar-refractivity contribution is -0.219. The van der Waals surface area contributed by atoms with Crippen molar-refractivity contribution < 1.29 is 50.0 Å². The van der Waals surface area contributed by atoms with Crippen LogP contribution in [0.2, 0.25) is 0 Å². The molecule has 10 heteroatoms. The molecule has 3 aliphatic heterocycles. The highest BCUT2D eigenvalue weighted by Crippen LogP contribution is 2.62. The molecule has 3 heterocycles. The van der Waals surface area contributed by atoms with Crippen LogP contribution in [0.25, 0.3) is 0 Å². The second kappa shape index (κ2) is 8.35. The Morgan fingerprint density at radius 2 is 1.30 bits per heavy atom. The fourth-order valence-electron chi connectivity index (χ4n) is 5.99. The summed E-state index contributed by atoms with van der Waals surface area (Å²) in [6, 6.07) is 15.8. The van der Waals surface area contributed by atoms with Crippen molar-refractivity contribution in [2.24, 2.45) is 0 Å². The zero-order valence-corrected chi connectivity index (χ0v) is 20.7. The van der Waals surface area contributed by atoms with Crippen LogP contribution in [0.15, 0.2) is 66.7 Å². The number of phenols is 5. The second-order valence-corrected chi connectivity index (χ2v) is 10.2. The van der Waals surface area contributed by atoms with Gasteiger partial charge in [0.05, 0.1) is 12.0 Å². The number of aromatic hydroxyl groups is 5. The molecular formula is C30H24O10. The summed E-state index contributed by atoms with van der Waals surface area (Å²) < 4.78 is 18.9. The molecule has 4 aromatic rings. The first-order chi connectivity index (χ1) is 19.2. The van der Waals surface area contributed by atoms with E-state index in [1.54, 1.807) is 12.1 Å². The van der Waals surface area contributed by atoms with E-state index in [9.17, 15) is 35.7 Å². The predicted molar refractivity (Wildman–Crippen MR) is 138 cm³/mol. The molecule has 5 atom stereocenters. The van der Waals surface area contributed by atoms with E-state index < -0.39 is 30.0 Å². The van der Waals surface area contributed by atoms with Crippen LogP contribution in [0, 0.1) is 0 Å². The highest BCUT2D eigenvalue weighted by atomic mass is 16.7. The zero-order valence-electron chi connectivity index (χ0n) is 20.7. The SMILES string of the molecule is Oc1ccc([C@H]2Oc3c(c(O)cc4c3C3c5c(O)cc(O)cc5O[C@@](c5ccc(O)cc5)(O4)[C@@H]3O)C[C@@H]2O)cc1. The molecule has 7 rings (SSSR count). The third-order valence-corrected chi connectivity index (χ3v) is 7.82. The minimum absolute atomic E-state index is 0.0107. The van der Waals surface area contributed by atoms with Gasteiger partial charge in [-0.1, -0.05) is 12.1 Å². The smallest absolute Gasteiger partial charge is 0.305 e. The molecule has 0 radical (unpaired) electrons. The van der Waals surface area contributed by atoms with Crippen molar-refractivity contribution in [3.63, 3.8) is 0 Å². The summed E-state index contributed by atoms with van der Waals surface area (Å²) in [7, 11) is 0. The molecule has 0 saturated carbocycles. The first-order valence-electron chi connectivity index (χ1n) is 12.6. The Hall–Kier alpha value is -4.80. The maximum Gasteiger partial charge on any atom is 0.305 e. The Labute approximate surface area is 227 Å². The van der Waals surface area contributed by atoms with Gasteiger partial charge in [-0.05, 0) is 42.0 Å². The summed E-state index contributed by atoms with van der Waals surface area (Å²) in [5, 5.41) is 74.7. The first-order valence-corrected chi connectivity index (χ1v) is 12.6. The van der Waals surface area contributed by atoms with Gasteiger partial charge in [0.2, 0.25) is 0 Å². The van der Waals surface area contributed by atoms with Gasteiger partial charge in [-0.3, -0.25) is 0 Å². The molecular weight excluding hydrogens is 520 g/mol. The van der Waals surface area contributed by atoms with Gasteiger partial charge in [0, 0.05) is 46.9 Å². The predicted octanol–water partition coefficient (Wildman–Crippen LogP) is 3.38. The highest BCUT2D eigenvalue weighted by molar-refractivity contribution is 5.67. The maximum absolute atomic E-state index is 11.9.